The van der Waals surface area contributed by atoms with Crippen LogP contribution in [0.5, 0.6) is 0 Å². The quantitative estimate of drug-likeness (QED) is 0.602. The van der Waals surface area contributed by atoms with Gasteiger partial charge in [0.15, 0.2) is 0 Å². The van der Waals surface area contributed by atoms with Crippen LogP contribution in [0.4, 0.5) is 0 Å². The van der Waals surface area contributed by atoms with Crippen LogP contribution in [0, 0.1) is 11.8 Å². The molecule has 0 amide bonds. The van der Waals surface area contributed by atoms with E-state index >= 15 is 0 Å². The van der Waals surface area contributed by atoms with Gasteiger partial charge in [-0.25, -0.2) is 0 Å². The topological polar surface area (TPSA) is 9.23 Å². The van der Waals surface area contributed by atoms with Crippen LogP contribution in [-0.2, 0) is 4.43 Å². The first kappa shape index (κ1) is 14.9. The van der Waals surface area contributed by atoms with Crippen molar-refractivity contribution >= 4 is 18.7 Å². The Morgan fingerprint density at radius 3 is 2.00 bits per heavy atom. The molecule has 23 heavy (non-hydrogen) atoms. The average molecular weight is 321 g/mol. The first-order valence-corrected chi connectivity index (χ1v) is 11.1. The van der Waals surface area contributed by atoms with Crippen molar-refractivity contribution in [1.82, 2.24) is 0 Å². The Morgan fingerprint density at radius 2 is 1.52 bits per heavy atom. The molecular formula is C21H24OSi. The number of hydrogen-bond donors (Lipinski definition) is 0. The summed E-state index contributed by atoms with van der Waals surface area (Å²) in [5, 5.41) is 2.71. The summed E-state index contributed by atoms with van der Waals surface area (Å²) in [6.45, 7) is 3.15. The Bertz CT molecular complexity index is 653. The lowest BCUT2D eigenvalue weighted by atomic mass is 10.00. The van der Waals surface area contributed by atoms with Crippen molar-refractivity contribution < 1.29 is 4.43 Å². The predicted molar refractivity (Wildman–Crippen MR) is 98.6 cm³/mol. The van der Waals surface area contributed by atoms with Gasteiger partial charge in [-0.3, -0.25) is 0 Å². The summed E-state index contributed by atoms with van der Waals surface area (Å²) >= 11 is 0. The lowest BCUT2D eigenvalue weighted by molar-refractivity contribution is 0.339. The van der Waals surface area contributed by atoms with Crippen molar-refractivity contribution in [2.24, 2.45) is 11.8 Å². The SMILES string of the molecule is C[Si](OCC1=CC2CCC1C2)(c1ccccc1)c1ccccc1. The molecule has 0 saturated heterocycles. The van der Waals surface area contributed by atoms with Gasteiger partial charge in [0.2, 0.25) is 0 Å². The number of rotatable bonds is 5. The van der Waals surface area contributed by atoms with Crippen LogP contribution in [0.3, 0.4) is 0 Å². The largest absolute Gasteiger partial charge is 0.404 e. The first-order chi connectivity index (χ1) is 11.3. The average Bonchev–Trinajstić information content (AvgIpc) is 3.24. The van der Waals surface area contributed by atoms with Crippen LogP contribution in [0.15, 0.2) is 72.3 Å². The molecule has 2 atom stereocenters. The zero-order valence-corrected chi connectivity index (χ0v) is 14.7. The molecule has 0 radical (unpaired) electrons. The molecule has 2 aromatic carbocycles. The monoisotopic (exact) mass is 320 g/mol. The van der Waals surface area contributed by atoms with Crippen molar-refractivity contribution in [3.63, 3.8) is 0 Å². The lowest BCUT2D eigenvalue weighted by Gasteiger charge is -2.30. The molecule has 0 N–H and O–H groups in total. The smallest absolute Gasteiger partial charge is 0.253 e. The molecule has 2 heteroatoms. The van der Waals surface area contributed by atoms with Gasteiger partial charge in [0.25, 0.3) is 8.32 Å². The molecule has 2 aliphatic rings. The van der Waals surface area contributed by atoms with Gasteiger partial charge in [-0.1, -0.05) is 66.7 Å². The van der Waals surface area contributed by atoms with Crippen LogP contribution < -0.4 is 10.4 Å². The lowest BCUT2D eigenvalue weighted by Crippen LogP contribution is -2.58. The first-order valence-electron chi connectivity index (χ1n) is 8.71. The highest BCUT2D eigenvalue weighted by Crippen LogP contribution is 2.43. The van der Waals surface area contributed by atoms with Gasteiger partial charge < -0.3 is 4.43 Å². The van der Waals surface area contributed by atoms with Crippen LogP contribution in [-0.4, -0.2) is 14.9 Å². The Hall–Kier alpha value is -1.64. The Kier molecular flexibility index (Phi) is 3.96. The van der Waals surface area contributed by atoms with E-state index in [0.717, 1.165) is 18.4 Å². The third kappa shape index (κ3) is 2.82. The summed E-state index contributed by atoms with van der Waals surface area (Å²) in [6.07, 6.45) is 6.63. The zero-order chi connectivity index (χ0) is 15.7. The molecule has 0 spiro atoms. The maximum absolute atomic E-state index is 6.71. The molecule has 1 saturated carbocycles. The van der Waals surface area contributed by atoms with Crippen LogP contribution >= 0.6 is 0 Å². The van der Waals surface area contributed by atoms with Gasteiger partial charge in [-0.05, 0) is 53.6 Å². The van der Waals surface area contributed by atoms with Crippen LogP contribution in [0.25, 0.3) is 0 Å². The Labute approximate surface area is 140 Å². The van der Waals surface area contributed by atoms with Crippen molar-refractivity contribution in [2.75, 3.05) is 6.61 Å². The highest BCUT2D eigenvalue weighted by Gasteiger charge is 2.37. The summed E-state index contributed by atoms with van der Waals surface area (Å²) < 4.78 is 6.71. The predicted octanol–water partition coefficient (Wildman–Crippen LogP) is 3.75. The van der Waals surface area contributed by atoms with Crippen LogP contribution in [0.1, 0.15) is 19.3 Å². The molecule has 2 bridgehead atoms. The van der Waals surface area contributed by atoms with E-state index in [1.54, 1.807) is 5.57 Å². The highest BCUT2D eigenvalue weighted by atomic mass is 28.4. The molecule has 4 rings (SSSR count). The fourth-order valence-corrected chi connectivity index (χ4v) is 6.96. The number of allylic oxidation sites excluding steroid dienone is 1. The van der Waals surface area contributed by atoms with E-state index in [-0.39, 0.29) is 0 Å². The van der Waals surface area contributed by atoms with E-state index in [1.165, 1.54) is 29.6 Å². The zero-order valence-electron chi connectivity index (χ0n) is 13.7. The highest BCUT2D eigenvalue weighted by molar-refractivity contribution is 6.96. The fourth-order valence-electron chi connectivity index (χ4n) is 4.18. The van der Waals surface area contributed by atoms with E-state index in [2.05, 4.69) is 73.3 Å². The normalized spacial score (nSPS) is 23.1. The van der Waals surface area contributed by atoms with E-state index in [9.17, 15) is 0 Å². The molecule has 118 valence electrons. The number of fused-ring (bicyclic) bond motifs is 2. The summed E-state index contributed by atoms with van der Waals surface area (Å²) in [4.78, 5) is 0. The van der Waals surface area contributed by atoms with Crippen molar-refractivity contribution in [2.45, 2.75) is 25.8 Å². The van der Waals surface area contributed by atoms with Gasteiger partial charge in [0.1, 0.15) is 0 Å². The molecule has 2 aliphatic carbocycles. The van der Waals surface area contributed by atoms with E-state index < -0.39 is 8.32 Å². The third-order valence-corrected chi connectivity index (χ3v) is 9.22. The second kappa shape index (κ2) is 6.10. The maximum atomic E-state index is 6.71. The Morgan fingerprint density at radius 1 is 0.913 bits per heavy atom. The van der Waals surface area contributed by atoms with Gasteiger partial charge in [-0.15, -0.1) is 0 Å². The molecule has 2 unspecified atom stereocenters. The molecule has 0 heterocycles. The fraction of sp³-hybridized carbons (Fsp3) is 0.333. The summed E-state index contributed by atoms with van der Waals surface area (Å²) in [6, 6.07) is 21.6. The molecular weight excluding hydrogens is 296 g/mol. The summed E-state index contributed by atoms with van der Waals surface area (Å²) in [5.74, 6) is 1.63. The van der Waals surface area contributed by atoms with Crippen molar-refractivity contribution in [3.8, 4) is 0 Å². The minimum atomic E-state index is -2.14. The van der Waals surface area contributed by atoms with Crippen LogP contribution in [0.2, 0.25) is 6.55 Å². The summed E-state index contributed by atoms with van der Waals surface area (Å²) in [5.41, 5.74) is 1.56. The number of hydrogen-bond acceptors (Lipinski definition) is 1. The standard InChI is InChI=1S/C21H24OSi/c1-23(20-8-4-2-5-9-20,21-10-6-3-7-11-21)22-16-19-15-17-12-13-18(19)14-17/h2-11,15,17-18H,12-14,16H2,1H3. The molecule has 1 fully saturated rings. The second-order valence-corrected chi connectivity index (χ2v) is 10.6. The molecule has 1 nitrogen and oxygen atoms in total. The summed E-state index contributed by atoms with van der Waals surface area (Å²) in [7, 11) is -2.14. The van der Waals surface area contributed by atoms with Gasteiger partial charge in [-0.2, -0.15) is 0 Å². The van der Waals surface area contributed by atoms with Gasteiger partial charge in [0.05, 0.1) is 6.61 Å². The molecule has 0 aromatic heterocycles. The molecule has 2 aromatic rings. The minimum absolute atomic E-state index is 0.796. The molecule has 0 aliphatic heterocycles. The van der Waals surface area contributed by atoms with Crippen molar-refractivity contribution in [3.05, 3.63) is 72.3 Å². The second-order valence-electron chi connectivity index (χ2n) is 7.07. The number of benzene rings is 2. The van der Waals surface area contributed by atoms with Crippen molar-refractivity contribution in [1.29, 1.82) is 0 Å². The van der Waals surface area contributed by atoms with Gasteiger partial charge in [0, 0.05) is 0 Å². The minimum Gasteiger partial charge on any atom is -0.404 e. The van der Waals surface area contributed by atoms with E-state index in [0.29, 0.717) is 0 Å². The van der Waals surface area contributed by atoms with Gasteiger partial charge >= 0.3 is 0 Å². The van der Waals surface area contributed by atoms with E-state index in [4.69, 9.17) is 4.43 Å². The van der Waals surface area contributed by atoms with E-state index in [1.807, 2.05) is 0 Å². The third-order valence-electron chi connectivity index (χ3n) is 5.62. The maximum Gasteiger partial charge on any atom is 0.253 e. The Balaban J connectivity index is 1.62.